The monoisotopic (exact) mass is 533 g/mol. The molecule has 8 heteroatoms. The third kappa shape index (κ3) is 5.01. The van der Waals surface area contributed by atoms with E-state index in [1.54, 1.807) is 11.0 Å². The molecule has 1 N–H and O–H groups in total. The van der Waals surface area contributed by atoms with Gasteiger partial charge in [-0.25, -0.2) is 4.98 Å². The summed E-state index contributed by atoms with van der Waals surface area (Å²) in [5, 5.41) is 0. The molecule has 5 aromatic rings. The summed E-state index contributed by atoms with van der Waals surface area (Å²) < 4.78 is 5.98. The fourth-order valence-electron chi connectivity index (χ4n) is 5.09. The number of piperazine rings is 1. The quantitative estimate of drug-likeness (QED) is 0.306. The molecule has 1 saturated heterocycles. The highest BCUT2D eigenvalue weighted by atomic mass is 16.4. The van der Waals surface area contributed by atoms with Crippen molar-refractivity contribution in [3.05, 3.63) is 108 Å². The van der Waals surface area contributed by atoms with Gasteiger partial charge in [0.2, 0.25) is 0 Å². The Morgan fingerprint density at radius 2 is 1.57 bits per heavy atom. The average molecular weight is 534 g/mol. The highest BCUT2D eigenvalue weighted by molar-refractivity contribution is 6.06. The van der Waals surface area contributed by atoms with E-state index in [0.29, 0.717) is 36.0 Å². The third-order valence-corrected chi connectivity index (χ3v) is 7.47. The number of carbonyl (C=O) groups excluding carboxylic acids is 2. The van der Waals surface area contributed by atoms with E-state index >= 15 is 0 Å². The molecule has 202 valence electrons. The molecule has 1 atom stereocenters. The summed E-state index contributed by atoms with van der Waals surface area (Å²) in [5.74, 6) is 1.43. The number of amides is 2. The predicted octanol–water partition coefficient (Wildman–Crippen LogP) is 5.62. The number of benzene rings is 3. The number of carbonyl (C=O) groups is 2. The van der Waals surface area contributed by atoms with Gasteiger partial charge in [0.15, 0.2) is 5.76 Å². The Morgan fingerprint density at radius 1 is 0.875 bits per heavy atom. The first-order chi connectivity index (χ1) is 19.5. The molecule has 1 fully saturated rings. The molecule has 3 aromatic carbocycles. The first kappa shape index (κ1) is 25.6. The van der Waals surface area contributed by atoms with Crippen LogP contribution in [0.25, 0.3) is 22.4 Å². The number of imidazole rings is 1. The molecule has 8 nitrogen and oxygen atoms in total. The number of hydrogen-bond donors (Lipinski definition) is 1. The number of aromatic amines is 1. The highest BCUT2D eigenvalue weighted by Crippen LogP contribution is 2.31. The second kappa shape index (κ2) is 10.8. The van der Waals surface area contributed by atoms with Crippen LogP contribution in [0.4, 0.5) is 5.69 Å². The summed E-state index contributed by atoms with van der Waals surface area (Å²) in [4.78, 5) is 40.7. The van der Waals surface area contributed by atoms with Gasteiger partial charge in [-0.15, -0.1) is 0 Å². The lowest BCUT2D eigenvalue weighted by atomic mass is 10.1. The molecule has 40 heavy (non-hydrogen) atoms. The van der Waals surface area contributed by atoms with Crippen LogP contribution in [0.3, 0.4) is 0 Å². The Morgan fingerprint density at radius 3 is 2.30 bits per heavy atom. The van der Waals surface area contributed by atoms with Crippen molar-refractivity contribution in [1.29, 1.82) is 0 Å². The summed E-state index contributed by atoms with van der Waals surface area (Å²) in [6, 6.07) is 27.9. The van der Waals surface area contributed by atoms with Crippen LogP contribution in [0, 0.1) is 0 Å². The summed E-state index contributed by atoms with van der Waals surface area (Å²) in [7, 11) is 2.06. The van der Waals surface area contributed by atoms with Crippen molar-refractivity contribution in [2.45, 2.75) is 13.0 Å². The molecule has 1 aliphatic heterocycles. The average Bonchev–Trinajstić information content (AvgIpc) is 3.66. The maximum Gasteiger partial charge on any atom is 0.289 e. The van der Waals surface area contributed by atoms with Gasteiger partial charge >= 0.3 is 0 Å². The summed E-state index contributed by atoms with van der Waals surface area (Å²) in [5.41, 5.74) is 3.92. The lowest BCUT2D eigenvalue weighted by Crippen LogP contribution is -2.47. The fraction of sp³-hybridized carbons (Fsp3) is 0.219. The molecule has 1 unspecified atom stereocenters. The van der Waals surface area contributed by atoms with E-state index in [1.165, 1.54) is 0 Å². The smallest absolute Gasteiger partial charge is 0.289 e. The first-order valence-electron chi connectivity index (χ1n) is 13.5. The largest absolute Gasteiger partial charge is 0.451 e. The zero-order valence-electron chi connectivity index (χ0n) is 22.6. The molecule has 0 aliphatic carbocycles. The molecule has 0 bridgehead atoms. The van der Waals surface area contributed by atoms with Gasteiger partial charge in [0.1, 0.15) is 11.6 Å². The van der Waals surface area contributed by atoms with Crippen molar-refractivity contribution in [2.75, 3.05) is 38.1 Å². The molecular weight excluding hydrogens is 502 g/mol. The number of anilines is 1. The molecule has 3 heterocycles. The minimum absolute atomic E-state index is 0.0877. The number of H-pyrrole nitrogens is 1. The van der Waals surface area contributed by atoms with Gasteiger partial charge in [0.25, 0.3) is 11.8 Å². The number of hydrogen-bond acceptors (Lipinski definition) is 5. The van der Waals surface area contributed by atoms with E-state index in [2.05, 4.69) is 16.9 Å². The Kier molecular flexibility index (Phi) is 6.92. The Bertz CT molecular complexity index is 1600. The number of aromatic nitrogens is 2. The van der Waals surface area contributed by atoms with Crippen LogP contribution in [0.15, 0.2) is 95.4 Å². The van der Waals surface area contributed by atoms with Crippen LogP contribution in [-0.4, -0.2) is 64.8 Å². The fourth-order valence-corrected chi connectivity index (χ4v) is 5.09. The third-order valence-electron chi connectivity index (χ3n) is 7.47. The van der Waals surface area contributed by atoms with E-state index in [-0.39, 0.29) is 17.9 Å². The van der Waals surface area contributed by atoms with Crippen LogP contribution >= 0.6 is 0 Å². The normalized spacial score (nSPS) is 14.8. The predicted molar refractivity (Wildman–Crippen MR) is 155 cm³/mol. The second-order valence-corrected chi connectivity index (χ2v) is 10.2. The van der Waals surface area contributed by atoms with Gasteiger partial charge in [-0.1, -0.05) is 30.3 Å². The maximum absolute atomic E-state index is 13.8. The van der Waals surface area contributed by atoms with E-state index < -0.39 is 0 Å². The van der Waals surface area contributed by atoms with Crippen LogP contribution in [0.2, 0.25) is 0 Å². The zero-order valence-corrected chi connectivity index (χ0v) is 22.6. The molecule has 6 rings (SSSR count). The van der Waals surface area contributed by atoms with Crippen LogP contribution in [0.1, 0.15) is 39.7 Å². The van der Waals surface area contributed by atoms with Gasteiger partial charge in [0, 0.05) is 43.0 Å². The second-order valence-electron chi connectivity index (χ2n) is 10.2. The van der Waals surface area contributed by atoms with Crippen molar-refractivity contribution >= 4 is 28.5 Å². The topological polar surface area (TPSA) is 85.7 Å². The lowest BCUT2D eigenvalue weighted by Gasteiger charge is -2.31. The van der Waals surface area contributed by atoms with Crippen LogP contribution in [0.5, 0.6) is 0 Å². The van der Waals surface area contributed by atoms with E-state index in [1.807, 2.05) is 96.8 Å². The Hall–Kier alpha value is -4.69. The molecular formula is C32H31N5O3. The van der Waals surface area contributed by atoms with Crippen LogP contribution < -0.4 is 4.90 Å². The van der Waals surface area contributed by atoms with Crippen LogP contribution in [-0.2, 0) is 0 Å². The summed E-state index contributed by atoms with van der Waals surface area (Å²) in [6.45, 7) is 5.05. The number of nitrogens with one attached hydrogen (secondary N) is 1. The number of para-hydroxylation sites is 2. The van der Waals surface area contributed by atoms with Crippen molar-refractivity contribution in [3.63, 3.8) is 0 Å². The number of likely N-dealkylation sites (N-methyl/N-ethyl adjacent to an activating group) is 1. The SMILES string of the molecule is CC(c1nc2ccccc2[nH]1)N(C(=O)c1ccccc1)c1ccc(-c2ccc(C(=O)N3CCN(C)CC3)o2)cc1. The van der Waals surface area contributed by atoms with Crippen molar-refractivity contribution in [2.24, 2.45) is 0 Å². The number of fused-ring (bicyclic) bond motifs is 1. The van der Waals surface area contributed by atoms with Crippen molar-refractivity contribution in [1.82, 2.24) is 19.8 Å². The maximum atomic E-state index is 13.8. The van der Waals surface area contributed by atoms with Gasteiger partial charge in [-0.3, -0.25) is 14.5 Å². The molecule has 1 aliphatic rings. The number of nitrogens with zero attached hydrogens (tertiary/aromatic N) is 4. The number of furan rings is 1. The summed E-state index contributed by atoms with van der Waals surface area (Å²) in [6.07, 6.45) is 0. The molecule has 0 spiro atoms. The number of rotatable bonds is 6. The molecule has 0 radical (unpaired) electrons. The van der Waals surface area contributed by atoms with Crippen molar-refractivity contribution < 1.29 is 14.0 Å². The highest BCUT2D eigenvalue weighted by Gasteiger charge is 2.27. The van der Waals surface area contributed by atoms with Gasteiger partial charge in [-0.2, -0.15) is 0 Å². The Balaban J connectivity index is 1.28. The standard InChI is InChI=1S/C32H31N5O3/c1-22(30-33-26-10-6-7-11-27(26)34-30)37(31(38)24-8-4-3-5-9-24)25-14-12-23(13-15-25)28-16-17-29(40-28)32(39)36-20-18-35(2)19-21-36/h3-17,22H,18-21H2,1-2H3,(H,33,34). The minimum atomic E-state index is -0.359. The van der Waals surface area contributed by atoms with E-state index in [9.17, 15) is 9.59 Å². The first-order valence-corrected chi connectivity index (χ1v) is 13.5. The van der Waals surface area contributed by atoms with E-state index in [4.69, 9.17) is 9.40 Å². The molecule has 2 aromatic heterocycles. The molecule has 2 amide bonds. The Labute approximate surface area is 232 Å². The lowest BCUT2D eigenvalue weighted by molar-refractivity contribution is 0.0633. The minimum Gasteiger partial charge on any atom is -0.451 e. The summed E-state index contributed by atoms with van der Waals surface area (Å²) >= 11 is 0. The van der Waals surface area contributed by atoms with Gasteiger partial charge < -0.3 is 19.2 Å². The van der Waals surface area contributed by atoms with Crippen molar-refractivity contribution in [3.8, 4) is 11.3 Å². The van der Waals surface area contributed by atoms with Gasteiger partial charge in [-0.05, 0) is 74.6 Å². The molecule has 0 saturated carbocycles. The van der Waals surface area contributed by atoms with E-state index in [0.717, 1.165) is 35.4 Å². The van der Waals surface area contributed by atoms with Gasteiger partial charge in [0.05, 0.1) is 17.1 Å². The zero-order chi connectivity index (χ0) is 27.6.